The second-order valence-electron chi connectivity index (χ2n) is 7.57. The number of ether oxygens (including phenoxy) is 1. The zero-order valence-corrected chi connectivity index (χ0v) is 20.9. The third kappa shape index (κ3) is 4.15. The molecule has 0 radical (unpaired) electrons. The third-order valence-electron chi connectivity index (χ3n) is 5.55. The Balaban J connectivity index is 1.39. The van der Waals surface area contributed by atoms with Gasteiger partial charge in [0.1, 0.15) is 12.4 Å². The minimum atomic E-state index is 0.136. The standard InChI is InChI=1S/C27H18I2O2/c28-24-13-17(12-21-15-19-7-2-4-11-23(19)26(21)30)14-25(29)27(24)31-16-20-9-5-8-18-6-1-3-10-22(18)20/h1-14H,15-16H2/b21-12+. The first-order valence-electron chi connectivity index (χ1n) is 10.0. The van der Waals surface area contributed by atoms with E-state index in [1.165, 1.54) is 16.3 Å². The van der Waals surface area contributed by atoms with E-state index in [0.717, 1.165) is 35.2 Å². The van der Waals surface area contributed by atoms with Crippen molar-refractivity contribution in [3.8, 4) is 5.75 Å². The summed E-state index contributed by atoms with van der Waals surface area (Å²) in [6, 6.07) is 26.7. The Hall–Kier alpha value is -2.19. The van der Waals surface area contributed by atoms with Gasteiger partial charge >= 0.3 is 0 Å². The number of ketones is 1. The number of benzene rings is 4. The highest BCUT2D eigenvalue weighted by Gasteiger charge is 2.24. The van der Waals surface area contributed by atoms with Gasteiger partial charge in [-0.3, -0.25) is 4.79 Å². The van der Waals surface area contributed by atoms with Crippen LogP contribution in [0, 0.1) is 7.14 Å². The number of rotatable bonds is 4. The van der Waals surface area contributed by atoms with E-state index >= 15 is 0 Å². The Morgan fingerprint density at radius 1 is 0.871 bits per heavy atom. The molecular formula is C27H18I2O2. The maximum Gasteiger partial charge on any atom is 0.189 e. The number of hydrogen-bond donors (Lipinski definition) is 0. The highest BCUT2D eigenvalue weighted by molar-refractivity contribution is 14.1. The maximum atomic E-state index is 12.7. The van der Waals surface area contributed by atoms with Crippen LogP contribution in [0.5, 0.6) is 5.75 Å². The number of halogens is 2. The number of hydrogen-bond acceptors (Lipinski definition) is 2. The molecule has 5 rings (SSSR count). The van der Waals surface area contributed by atoms with Crippen molar-refractivity contribution >= 4 is 67.8 Å². The molecule has 0 fully saturated rings. The smallest absolute Gasteiger partial charge is 0.189 e. The molecule has 0 heterocycles. The molecule has 1 aliphatic carbocycles. The van der Waals surface area contributed by atoms with Gasteiger partial charge in [0.25, 0.3) is 0 Å². The van der Waals surface area contributed by atoms with Gasteiger partial charge in [0.2, 0.25) is 0 Å². The number of fused-ring (bicyclic) bond motifs is 2. The molecule has 0 aromatic heterocycles. The second-order valence-corrected chi connectivity index (χ2v) is 9.90. The number of carbonyl (C=O) groups is 1. The summed E-state index contributed by atoms with van der Waals surface area (Å²) in [5, 5.41) is 2.44. The molecule has 0 bridgehead atoms. The molecule has 0 atom stereocenters. The normalized spacial score (nSPS) is 14.3. The molecule has 0 saturated heterocycles. The van der Waals surface area contributed by atoms with E-state index < -0.39 is 0 Å². The third-order valence-corrected chi connectivity index (χ3v) is 7.15. The van der Waals surface area contributed by atoms with Gasteiger partial charge in [-0.05, 0) is 90.9 Å². The molecule has 0 saturated carbocycles. The van der Waals surface area contributed by atoms with Crippen LogP contribution in [-0.4, -0.2) is 5.78 Å². The van der Waals surface area contributed by atoms with Gasteiger partial charge in [0, 0.05) is 17.6 Å². The maximum absolute atomic E-state index is 12.7. The summed E-state index contributed by atoms with van der Waals surface area (Å²) < 4.78 is 8.34. The van der Waals surface area contributed by atoms with Crippen LogP contribution in [0.15, 0.2) is 84.4 Å². The summed E-state index contributed by atoms with van der Waals surface area (Å²) in [7, 11) is 0. The van der Waals surface area contributed by atoms with Crippen molar-refractivity contribution in [3.05, 3.63) is 114 Å². The molecule has 0 aliphatic heterocycles. The number of carbonyl (C=O) groups excluding carboxylic acids is 1. The molecule has 4 aromatic rings. The van der Waals surface area contributed by atoms with Crippen molar-refractivity contribution in [1.29, 1.82) is 0 Å². The van der Waals surface area contributed by atoms with Gasteiger partial charge in [0.15, 0.2) is 5.78 Å². The predicted molar refractivity (Wildman–Crippen MR) is 143 cm³/mol. The molecule has 2 nitrogen and oxygen atoms in total. The predicted octanol–water partition coefficient (Wildman–Crippen LogP) is 7.45. The largest absolute Gasteiger partial charge is 0.487 e. The molecule has 1 aliphatic rings. The highest BCUT2D eigenvalue weighted by Crippen LogP contribution is 2.33. The first-order chi connectivity index (χ1) is 15.1. The second kappa shape index (κ2) is 8.74. The lowest BCUT2D eigenvalue weighted by atomic mass is 10.1. The van der Waals surface area contributed by atoms with Crippen molar-refractivity contribution in [2.24, 2.45) is 0 Å². The Morgan fingerprint density at radius 2 is 1.58 bits per heavy atom. The fourth-order valence-electron chi connectivity index (χ4n) is 4.04. The van der Waals surface area contributed by atoms with Crippen LogP contribution in [0.25, 0.3) is 16.8 Å². The van der Waals surface area contributed by atoms with Crippen molar-refractivity contribution in [2.45, 2.75) is 13.0 Å². The summed E-state index contributed by atoms with van der Waals surface area (Å²) >= 11 is 4.64. The summed E-state index contributed by atoms with van der Waals surface area (Å²) in [6.45, 7) is 0.515. The van der Waals surface area contributed by atoms with Crippen LogP contribution in [0.2, 0.25) is 0 Å². The summed E-state index contributed by atoms with van der Waals surface area (Å²) in [5.74, 6) is 1.02. The Labute approximate surface area is 208 Å². The number of Topliss-reactive ketones (excluding diaryl/α,β-unsaturated/α-hetero) is 1. The molecule has 0 amide bonds. The Bertz CT molecular complexity index is 1330. The summed E-state index contributed by atoms with van der Waals surface area (Å²) in [6.07, 6.45) is 2.71. The van der Waals surface area contributed by atoms with Crippen LogP contribution < -0.4 is 4.74 Å². The van der Waals surface area contributed by atoms with Crippen LogP contribution in [0.4, 0.5) is 0 Å². The van der Waals surface area contributed by atoms with Gasteiger partial charge in [-0.25, -0.2) is 0 Å². The lowest BCUT2D eigenvalue weighted by molar-refractivity contribution is 0.104. The highest BCUT2D eigenvalue weighted by atomic mass is 127. The van der Waals surface area contributed by atoms with Crippen molar-refractivity contribution in [1.82, 2.24) is 0 Å². The van der Waals surface area contributed by atoms with E-state index in [-0.39, 0.29) is 5.78 Å². The van der Waals surface area contributed by atoms with Gasteiger partial charge in [-0.15, -0.1) is 0 Å². The average molecular weight is 628 g/mol. The van der Waals surface area contributed by atoms with E-state index in [2.05, 4.69) is 99.8 Å². The van der Waals surface area contributed by atoms with Crippen LogP contribution in [0.3, 0.4) is 0 Å². The topological polar surface area (TPSA) is 26.3 Å². The molecule has 0 unspecified atom stereocenters. The molecule has 0 spiro atoms. The van der Waals surface area contributed by atoms with Gasteiger partial charge in [-0.1, -0.05) is 66.7 Å². The first-order valence-corrected chi connectivity index (χ1v) is 12.2. The van der Waals surface area contributed by atoms with Crippen LogP contribution in [0.1, 0.15) is 27.0 Å². The van der Waals surface area contributed by atoms with Gasteiger partial charge < -0.3 is 4.74 Å². The SMILES string of the molecule is O=C1/C(=C/c2cc(I)c(OCc3cccc4ccccc34)c(I)c2)Cc2ccccc21. The Kier molecular flexibility index (Phi) is 5.84. The monoisotopic (exact) mass is 628 g/mol. The molecule has 4 aromatic carbocycles. The molecule has 4 heteroatoms. The zero-order chi connectivity index (χ0) is 21.4. The molecule has 0 N–H and O–H groups in total. The number of allylic oxidation sites excluding steroid dienone is 1. The lowest BCUT2D eigenvalue weighted by Crippen LogP contribution is -2.01. The quantitative estimate of drug-likeness (QED) is 0.174. The lowest BCUT2D eigenvalue weighted by Gasteiger charge is -2.13. The first kappa shape index (κ1) is 20.7. The fourth-order valence-corrected chi connectivity index (χ4v) is 6.17. The van der Waals surface area contributed by atoms with E-state index in [1.54, 1.807) is 0 Å². The summed E-state index contributed by atoms with van der Waals surface area (Å²) in [5.41, 5.74) is 4.98. The molecule has 31 heavy (non-hydrogen) atoms. The average Bonchev–Trinajstić information content (AvgIpc) is 3.08. The van der Waals surface area contributed by atoms with Gasteiger partial charge in [0.05, 0.1) is 7.14 Å². The van der Waals surface area contributed by atoms with E-state index in [4.69, 9.17) is 4.74 Å². The minimum absolute atomic E-state index is 0.136. The molecule has 152 valence electrons. The van der Waals surface area contributed by atoms with Crippen molar-refractivity contribution in [2.75, 3.05) is 0 Å². The van der Waals surface area contributed by atoms with Gasteiger partial charge in [-0.2, -0.15) is 0 Å². The zero-order valence-electron chi connectivity index (χ0n) is 16.6. The van der Waals surface area contributed by atoms with Crippen LogP contribution in [-0.2, 0) is 13.0 Å². The molecular weight excluding hydrogens is 610 g/mol. The van der Waals surface area contributed by atoms with E-state index in [9.17, 15) is 4.79 Å². The van der Waals surface area contributed by atoms with E-state index in [0.29, 0.717) is 13.0 Å². The van der Waals surface area contributed by atoms with Crippen LogP contribution >= 0.6 is 45.2 Å². The minimum Gasteiger partial charge on any atom is -0.487 e. The summed E-state index contributed by atoms with van der Waals surface area (Å²) in [4.78, 5) is 12.7. The fraction of sp³-hybridized carbons (Fsp3) is 0.0741. The van der Waals surface area contributed by atoms with Crippen molar-refractivity contribution in [3.63, 3.8) is 0 Å². The van der Waals surface area contributed by atoms with E-state index in [1.807, 2.05) is 30.3 Å². The van der Waals surface area contributed by atoms with Crippen molar-refractivity contribution < 1.29 is 9.53 Å². The Morgan fingerprint density at radius 3 is 2.39 bits per heavy atom.